The molecule has 118 valence electrons. The monoisotopic (exact) mass is 297 g/mol. The van der Waals surface area contributed by atoms with Gasteiger partial charge >= 0.3 is 12.3 Å². The Morgan fingerprint density at radius 1 is 1.30 bits per heavy atom. The number of aliphatic hydroxyl groups is 1. The molecular weight excluding hydrogens is 275 g/mol. The molecule has 0 saturated carbocycles. The predicted molar refractivity (Wildman–Crippen MR) is 67.2 cm³/mol. The van der Waals surface area contributed by atoms with Crippen LogP contribution < -0.4 is 0 Å². The number of hydrogen-bond donors (Lipinski definition) is 1. The Kier molecular flexibility index (Phi) is 5.29. The van der Waals surface area contributed by atoms with Gasteiger partial charge in [0.05, 0.1) is 0 Å². The lowest BCUT2D eigenvalue weighted by Gasteiger charge is -2.34. The number of carbonyl (C=O) groups is 1. The van der Waals surface area contributed by atoms with Gasteiger partial charge in [-0.2, -0.15) is 13.2 Å². The van der Waals surface area contributed by atoms with E-state index in [0.29, 0.717) is 25.9 Å². The summed E-state index contributed by atoms with van der Waals surface area (Å²) in [6.07, 6.45) is -6.68. The van der Waals surface area contributed by atoms with Crippen molar-refractivity contribution in [3.63, 3.8) is 0 Å². The molecule has 0 bridgehead atoms. The summed E-state index contributed by atoms with van der Waals surface area (Å²) in [5.41, 5.74) is -0.583. The Bertz CT molecular complexity index is 331. The quantitative estimate of drug-likeness (QED) is 0.852. The first kappa shape index (κ1) is 17.1. The Labute approximate surface area is 116 Å². The van der Waals surface area contributed by atoms with Gasteiger partial charge in [0.25, 0.3) is 0 Å². The summed E-state index contributed by atoms with van der Waals surface area (Å²) >= 11 is 0. The van der Waals surface area contributed by atoms with Crippen LogP contribution in [0.5, 0.6) is 0 Å². The van der Waals surface area contributed by atoms with Gasteiger partial charge in [-0.3, -0.25) is 0 Å². The van der Waals surface area contributed by atoms with Crippen LogP contribution in [0.4, 0.5) is 18.0 Å². The number of aliphatic hydroxyl groups excluding tert-OH is 1. The molecule has 0 radical (unpaired) electrons. The molecule has 1 rings (SSSR count). The minimum Gasteiger partial charge on any atom is -0.444 e. The van der Waals surface area contributed by atoms with E-state index in [0.717, 1.165) is 0 Å². The largest absolute Gasteiger partial charge is 0.444 e. The maximum absolute atomic E-state index is 12.3. The number of carbonyl (C=O) groups excluding carboxylic acids is 1. The second-order valence-electron chi connectivity index (χ2n) is 6.20. The molecule has 1 amide bonds. The first-order valence-electron chi connectivity index (χ1n) is 6.72. The van der Waals surface area contributed by atoms with E-state index >= 15 is 0 Å². The second kappa shape index (κ2) is 6.20. The third-order valence-electron chi connectivity index (χ3n) is 3.20. The van der Waals surface area contributed by atoms with Gasteiger partial charge < -0.3 is 14.7 Å². The summed E-state index contributed by atoms with van der Waals surface area (Å²) < 4.78 is 42.0. The van der Waals surface area contributed by atoms with Crippen molar-refractivity contribution in [2.24, 2.45) is 5.92 Å². The van der Waals surface area contributed by atoms with Crippen LogP contribution in [0.2, 0.25) is 0 Å². The van der Waals surface area contributed by atoms with E-state index in [4.69, 9.17) is 9.84 Å². The fourth-order valence-electron chi connectivity index (χ4n) is 2.13. The third kappa shape index (κ3) is 5.56. The van der Waals surface area contributed by atoms with Crippen LogP contribution in [-0.2, 0) is 4.74 Å². The number of nitrogens with zero attached hydrogens (tertiary/aromatic N) is 1. The minimum absolute atomic E-state index is 0.217. The summed E-state index contributed by atoms with van der Waals surface area (Å²) in [5, 5.41) is 9.04. The molecule has 0 aliphatic carbocycles. The van der Waals surface area contributed by atoms with Crippen molar-refractivity contribution >= 4 is 6.09 Å². The van der Waals surface area contributed by atoms with Crippen LogP contribution in [-0.4, -0.2) is 47.1 Å². The van der Waals surface area contributed by atoms with Gasteiger partial charge in [-0.1, -0.05) is 0 Å². The number of amides is 1. The van der Waals surface area contributed by atoms with Gasteiger partial charge in [-0.15, -0.1) is 0 Å². The molecule has 1 aliphatic heterocycles. The predicted octanol–water partition coefficient (Wildman–Crippen LogP) is 2.95. The molecule has 1 fully saturated rings. The highest BCUT2D eigenvalue weighted by Gasteiger charge is 2.40. The maximum atomic E-state index is 12.3. The average Bonchev–Trinajstić information content (AvgIpc) is 2.26. The van der Waals surface area contributed by atoms with Crippen LogP contribution in [0.3, 0.4) is 0 Å². The Balaban J connectivity index is 2.39. The van der Waals surface area contributed by atoms with E-state index < -0.39 is 24.0 Å². The Hall–Kier alpha value is -0.980. The first-order chi connectivity index (χ1) is 8.99. The van der Waals surface area contributed by atoms with Crippen LogP contribution in [0.15, 0.2) is 0 Å². The van der Waals surface area contributed by atoms with Crippen LogP contribution in [0, 0.1) is 5.92 Å². The zero-order valence-corrected chi connectivity index (χ0v) is 12.0. The summed E-state index contributed by atoms with van der Waals surface area (Å²) in [6, 6.07) is 0. The van der Waals surface area contributed by atoms with Crippen molar-refractivity contribution in [3.05, 3.63) is 0 Å². The Morgan fingerprint density at radius 2 is 1.80 bits per heavy atom. The van der Waals surface area contributed by atoms with Gasteiger partial charge in [0.2, 0.25) is 0 Å². The van der Waals surface area contributed by atoms with Crippen molar-refractivity contribution in [1.29, 1.82) is 0 Å². The van der Waals surface area contributed by atoms with Gasteiger partial charge in [0.1, 0.15) is 11.7 Å². The van der Waals surface area contributed by atoms with Crippen LogP contribution >= 0.6 is 0 Å². The third-order valence-corrected chi connectivity index (χ3v) is 3.20. The number of rotatable bonds is 2. The van der Waals surface area contributed by atoms with E-state index in [-0.39, 0.29) is 12.3 Å². The van der Waals surface area contributed by atoms with E-state index in [9.17, 15) is 18.0 Å². The van der Waals surface area contributed by atoms with Gasteiger partial charge in [-0.05, 0) is 46.0 Å². The molecule has 1 aliphatic rings. The van der Waals surface area contributed by atoms with Crippen molar-refractivity contribution in [2.45, 2.75) is 57.9 Å². The molecule has 0 spiro atoms. The highest BCUT2D eigenvalue weighted by atomic mass is 19.4. The Morgan fingerprint density at radius 3 is 2.20 bits per heavy atom. The topological polar surface area (TPSA) is 49.8 Å². The number of alkyl halides is 3. The molecular formula is C13H22F3NO3. The molecule has 1 atom stereocenters. The summed E-state index contributed by atoms with van der Waals surface area (Å²) in [7, 11) is 0. The summed E-state index contributed by atoms with van der Waals surface area (Å²) in [4.78, 5) is 13.3. The van der Waals surface area contributed by atoms with Crippen LogP contribution in [0.1, 0.15) is 40.0 Å². The molecule has 4 nitrogen and oxygen atoms in total. The number of halogens is 3. The fraction of sp³-hybridized carbons (Fsp3) is 0.923. The normalized spacial score (nSPS) is 19.9. The lowest BCUT2D eigenvalue weighted by Crippen LogP contribution is -2.42. The standard InChI is InChI=1S/C13H22F3NO3/c1-12(2,3)20-11(19)17-6-4-9(5-7-17)8-10(18)13(14,15)16/h9-10,18H,4-8H2,1-3H3/t10-/m1/s1. The van der Waals surface area contributed by atoms with Crippen molar-refractivity contribution < 1.29 is 27.8 Å². The maximum Gasteiger partial charge on any atom is 0.414 e. The molecule has 20 heavy (non-hydrogen) atoms. The summed E-state index contributed by atoms with van der Waals surface area (Å²) in [5.74, 6) is -0.217. The van der Waals surface area contributed by atoms with Crippen LogP contribution in [0.25, 0.3) is 0 Å². The zero-order valence-electron chi connectivity index (χ0n) is 12.0. The lowest BCUT2D eigenvalue weighted by molar-refractivity contribution is -0.209. The smallest absolute Gasteiger partial charge is 0.414 e. The van der Waals surface area contributed by atoms with Crippen molar-refractivity contribution in [3.8, 4) is 0 Å². The van der Waals surface area contributed by atoms with E-state index in [1.807, 2.05) is 0 Å². The molecule has 7 heteroatoms. The molecule has 0 aromatic rings. The second-order valence-corrected chi connectivity index (χ2v) is 6.20. The number of likely N-dealkylation sites (tertiary alicyclic amines) is 1. The van der Waals surface area contributed by atoms with E-state index in [2.05, 4.69) is 0 Å². The van der Waals surface area contributed by atoms with Crippen molar-refractivity contribution in [2.75, 3.05) is 13.1 Å². The zero-order chi connectivity index (χ0) is 15.6. The lowest BCUT2D eigenvalue weighted by atomic mass is 9.91. The average molecular weight is 297 g/mol. The molecule has 0 aromatic heterocycles. The SMILES string of the molecule is CC(C)(C)OC(=O)N1CCC(C[C@@H](O)C(F)(F)F)CC1. The molecule has 1 heterocycles. The highest BCUT2D eigenvalue weighted by Crippen LogP contribution is 2.29. The minimum atomic E-state index is -4.57. The van der Waals surface area contributed by atoms with Gasteiger partial charge in [0.15, 0.2) is 0 Å². The summed E-state index contributed by atoms with van der Waals surface area (Å²) in [6.45, 7) is 6.01. The molecule has 1 saturated heterocycles. The van der Waals surface area contributed by atoms with Crippen molar-refractivity contribution in [1.82, 2.24) is 4.90 Å². The molecule has 0 aromatic carbocycles. The van der Waals surface area contributed by atoms with Gasteiger partial charge in [0, 0.05) is 13.1 Å². The van der Waals surface area contributed by atoms with E-state index in [1.165, 1.54) is 4.90 Å². The van der Waals surface area contributed by atoms with Gasteiger partial charge in [-0.25, -0.2) is 4.79 Å². The fourth-order valence-corrected chi connectivity index (χ4v) is 2.13. The molecule has 1 N–H and O–H groups in total. The number of piperidine rings is 1. The number of ether oxygens (including phenoxy) is 1. The first-order valence-corrected chi connectivity index (χ1v) is 6.72. The molecule has 0 unspecified atom stereocenters. The number of hydrogen-bond acceptors (Lipinski definition) is 3. The van der Waals surface area contributed by atoms with E-state index in [1.54, 1.807) is 20.8 Å². The highest BCUT2D eigenvalue weighted by molar-refractivity contribution is 5.68.